The lowest BCUT2D eigenvalue weighted by Gasteiger charge is -2.11. The number of halogens is 2. The normalized spacial score (nSPS) is 11.3. The molecule has 0 atom stereocenters. The summed E-state index contributed by atoms with van der Waals surface area (Å²) in [5, 5.41) is 0.523. The molecule has 2 aromatic carbocycles. The number of hydrogen-bond acceptors (Lipinski definition) is 2. The molecule has 0 aromatic heterocycles. The minimum atomic E-state index is -3.78. The molecular weight excluding hydrogens is 333 g/mol. The lowest BCUT2D eigenvalue weighted by Crippen LogP contribution is -2.14. The molecule has 100 valence electrons. The Hall–Kier alpha value is -1.40. The van der Waals surface area contributed by atoms with Gasteiger partial charge in [-0.15, -0.1) is 0 Å². The number of rotatable bonds is 4. The molecule has 0 aliphatic rings. The van der Waals surface area contributed by atoms with Crippen LogP contribution in [0.3, 0.4) is 0 Å². The molecule has 1 N–H and O–H groups in total. The van der Waals surface area contributed by atoms with Crippen LogP contribution in [0.25, 0.3) is 0 Å². The minimum Gasteiger partial charge on any atom is -0.279 e. The zero-order valence-corrected chi connectivity index (χ0v) is 12.2. The van der Waals surface area contributed by atoms with Crippen molar-refractivity contribution in [3.05, 3.63) is 59.9 Å². The van der Waals surface area contributed by atoms with E-state index in [1.54, 1.807) is 18.2 Å². The minimum absolute atomic E-state index is 0.100. The smallest absolute Gasteiger partial charge is 0.262 e. The van der Waals surface area contributed by atoms with Gasteiger partial charge in [0.2, 0.25) is 0 Å². The van der Waals surface area contributed by atoms with E-state index in [2.05, 4.69) is 20.7 Å². The van der Waals surface area contributed by atoms with Gasteiger partial charge in [0, 0.05) is 5.33 Å². The maximum absolute atomic E-state index is 13.1. The first-order valence-electron chi connectivity index (χ1n) is 5.45. The molecule has 0 aliphatic carbocycles. The molecule has 0 saturated carbocycles. The van der Waals surface area contributed by atoms with Crippen LogP contribution in [0, 0.1) is 5.82 Å². The van der Waals surface area contributed by atoms with Crippen molar-refractivity contribution in [2.24, 2.45) is 0 Å². The fourth-order valence-corrected chi connectivity index (χ4v) is 3.20. The zero-order chi connectivity index (χ0) is 13.9. The highest BCUT2D eigenvalue weighted by molar-refractivity contribution is 9.08. The van der Waals surface area contributed by atoms with E-state index in [0.717, 1.165) is 11.6 Å². The highest BCUT2D eigenvalue weighted by Gasteiger charge is 2.16. The number of nitrogens with one attached hydrogen (secondary N) is 1. The van der Waals surface area contributed by atoms with Gasteiger partial charge in [0.05, 0.1) is 10.6 Å². The summed E-state index contributed by atoms with van der Waals surface area (Å²) in [5.74, 6) is -0.586. The number of sulfonamides is 1. The molecule has 0 fully saturated rings. The van der Waals surface area contributed by atoms with Crippen LogP contribution in [0.15, 0.2) is 53.4 Å². The third-order valence-electron chi connectivity index (χ3n) is 2.51. The third-order valence-corrected chi connectivity index (χ3v) is 4.48. The van der Waals surface area contributed by atoms with Crippen molar-refractivity contribution in [2.75, 3.05) is 4.72 Å². The van der Waals surface area contributed by atoms with Crippen molar-refractivity contribution in [2.45, 2.75) is 10.2 Å². The van der Waals surface area contributed by atoms with Gasteiger partial charge in [-0.2, -0.15) is 0 Å². The van der Waals surface area contributed by atoms with Gasteiger partial charge in [0.1, 0.15) is 5.82 Å². The maximum Gasteiger partial charge on any atom is 0.262 e. The Balaban J connectivity index is 2.37. The predicted octanol–water partition coefficient (Wildman–Crippen LogP) is 3.52. The number of alkyl halides is 1. The molecule has 0 radical (unpaired) electrons. The Bertz CT molecular complexity index is 689. The van der Waals surface area contributed by atoms with E-state index >= 15 is 0 Å². The Labute approximate surface area is 119 Å². The third kappa shape index (κ3) is 3.33. The fraction of sp³-hybridized carbons (Fsp3) is 0.0769. The summed E-state index contributed by atoms with van der Waals surface area (Å²) in [6.45, 7) is 0. The summed E-state index contributed by atoms with van der Waals surface area (Å²) in [6.07, 6.45) is 0. The van der Waals surface area contributed by atoms with E-state index in [9.17, 15) is 12.8 Å². The van der Waals surface area contributed by atoms with E-state index in [0.29, 0.717) is 11.0 Å². The largest absolute Gasteiger partial charge is 0.279 e. The van der Waals surface area contributed by atoms with Crippen LogP contribution in [0.4, 0.5) is 10.1 Å². The van der Waals surface area contributed by atoms with E-state index < -0.39 is 15.8 Å². The van der Waals surface area contributed by atoms with Gasteiger partial charge in [-0.05, 0) is 29.8 Å². The van der Waals surface area contributed by atoms with E-state index in [1.807, 2.05) is 6.07 Å². The topological polar surface area (TPSA) is 46.2 Å². The van der Waals surface area contributed by atoms with Crippen LogP contribution >= 0.6 is 15.9 Å². The zero-order valence-electron chi connectivity index (χ0n) is 9.81. The van der Waals surface area contributed by atoms with Gasteiger partial charge in [0.25, 0.3) is 10.0 Å². The summed E-state index contributed by atoms with van der Waals surface area (Å²) in [5.41, 5.74) is 1.28. The standard InChI is InChI=1S/C13H11BrFNO2S/c14-9-10-4-1-2-7-13(10)16-19(17,18)12-6-3-5-11(15)8-12/h1-8,16H,9H2. The van der Waals surface area contributed by atoms with Crippen LogP contribution in [0.1, 0.15) is 5.56 Å². The molecule has 6 heteroatoms. The monoisotopic (exact) mass is 343 g/mol. The summed E-state index contributed by atoms with van der Waals surface area (Å²) in [4.78, 5) is -0.100. The maximum atomic E-state index is 13.1. The van der Waals surface area contributed by atoms with Crippen molar-refractivity contribution < 1.29 is 12.8 Å². The summed E-state index contributed by atoms with van der Waals surface area (Å²) in [7, 11) is -3.78. The van der Waals surface area contributed by atoms with Gasteiger partial charge < -0.3 is 0 Å². The predicted molar refractivity (Wildman–Crippen MR) is 76.3 cm³/mol. The van der Waals surface area contributed by atoms with Crippen LogP contribution in [0.2, 0.25) is 0 Å². The summed E-state index contributed by atoms with van der Waals surface area (Å²) < 4.78 is 39.8. The molecule has 0 spiro atoms. The Morgan fingerprint density at radius 3 is 2.53 bits per heavy atom. The molecule has 0 heterocycles. The second kappa shape index (κ2) is 5.71. The molecule has 2 aromatic rings. The number of benzene rings is 2. The molecular formula is C13H11BrFNO2S. The van der Waals surface area contributed by atoms with E-state index in [-0.39, 0.29) is 4.90 Å². The molecule has 2 rings (SSSR count). The van der Waals surface area contributed by atoms with Crippen LogP contribution < -0.4 is 4.72 Å². The highest BCUT2D eigenvalue weighted by atomic mass is 79.9. The van der Waals surface area contributed by atoms with Crippen LogP contribution in [-0.4, -0.2) is 8.42 Å². The SMILES string of the molecule is O=S(=O)(Nc1ccccc1CBr)c1cccc(F)c1. The van der Waals surface area contributed by atoms with Gasteiger partial charge in [-0.3, -0.25) is 4.72 Å². The van der Waals surface area contributed by atoms with Crippen molar-refractivity contribution in [1.82, 2.24) is 0 Å². The van der Waals surface area contributed by atoms with Crippen LogP contribution in [-0.2, 0) is 15.4 Å². The van der Waals surface area contributed by atoms with Crippen LogP contribution in [0.5, 0.6) is 0 Å². The average Bonchev–Trinajstić information content (AvgIpc) is 2.39. The average molecular weight is 344 g/mol. The summed E-state index contributed by atoms with van der Waals surface area (Å²) in [6, 6.07) is 11.9. The van der Waals surface area contributed by atoms with Crippen molar-refractivity contribution >= 4 is 31.6 Å². The molecule has 0 unspecified atom stereocenters. The summed E-state index contributed by atoms with van der Waals surface area (Å²) >= 11 is 3.29. The van der Waals surface area contributed by atoms with Gasteiger partial charge in [0.15, 0.2) is 0 Å². The Kier molecular flexibility index (Phi) is 4.21. The van der Waals surface area contributed by atoms with E-state index in [4.69, 9.17) is 0 Å². The molecule has 3 nitrogen and oxygen atoms in total. The fourth-order valence-electron chi connectivity index (χ4n) is 1.57. The number of anilines is 1. The second-order valence-electron chi connectivity index (χ2n) is 3.85. The molecule has 19 heavy (non-hydrogen) atoms. The van der Waals surface area contributed by atoms with E-state index in [1.165, 1.54) is 18.2 Å². The molecule has 0 amide bonds. The lowest BCUT2D eigenvalue weighted by molar-refractivity contribution is 0.595. The first kappa shape index (κ1) is 14.0. The van der Waals surface area contributed by atoms with Gasteiger partial charge in [-0.25, -0.2) is 12.8 Å². The van der Waals surface area contributed by atoms with Gasteiger partial charge in [-0.1, -0.05) is 40.2 Å². The lowest BCUT2D eigenvalue weighted by atomic mass is 10.2. The number of para-hydroxylation sites is 1. The van der Waals surface area contributed by atoms with Crippen molar-refractivity contribution in [3.8, 4) is 0 Å². The second-order valence-corrected chi connectivity index (χ2v) is 6.10. The Morgan fingerprint density at radius 2 is 1.84 bits per heavy atom. The first-order valence-corrected chi connectivity index (χ1v) is 8.05. The molecule has 0 saturated heterocycles. The molecule has 0 bridgehead atoms. The quantitative estimate of drug-likeness (QED) is 0.863. The highest BCUT2D eigenvalue weighted by Crippen LogP contribution is 2.22. The number of hydrogen-bond donors (Lipinski definition) is 1. The van der Waals surface area contributed by atoms with Crippen molar-refractivity contribution in [1.29, 1.82) is 0 Å². The molecule has 0 aliphatic heterocycles. The first-order chi connectivity index (χ1) is 9.03. The Morgan fingerprint density at radius 1 is 1.11 bits per heavy atom. The van der Waals surface area contributed by atoms with Gasteiger partial charge >= 0.3 is 0 Å². The van der Waals surface area contributed by atoms with Crippen molar-refractivity contribution in [3.63, 3.8) is 0 Å².